The molecule has 0 saturated carbocycles. The highest BCUT2D eigenvalue weighted by Crippen LogP contribution is 2.40. The maximum Gasteiger partial charge on any atom is 0.146 e. The zero-order valence-electron chi connectivity index (χ0n) is 18.8. The van der Waals surface area contributed by atoms with Crippen LogP contribution in [-0.2, 0) is 19.4 Å². The summed E-state index contributed by atoms with van der Waals surface area (Å²) in [6.45, 7) is 7.18. The first kappa shape index (κ1) is 20.4. The Labute approximate surface area is 194 Å². The van der Waals surface area contributed by atoms with Crippen molar-refractivity contribution in [3.8, 4) is 0 Å². The van der Waals surface area contributed by atoms with Gasteiger partial charge in [-0.15, -0.1) is 11.3 Å². The van der Waals surface area contributed by atoms with Gasteiger partial charge in [-0.1, -0.05) is 12.5 Å². The van der Waals surface area contributed by atoms with Gasteiger partial charge in [0.05, 0.1) is 11.9 Å². The number of likely N-dealkylation sites (tertiary alicyclic amines) is 1. The maximum absolute atomic E-state index is 5.24. The van der Waals surface area contributed by atoms with Crippen molar-refractivity contribution in [2.45, 2.75) is 51.5 Å². The first-order valence-corrected chi connectivity index (χ1v) is 13.1. The van der Waals surface area contributed by atoms with E-state index in [4.69, 9.17) is 9.97 Å². The molecular formula is C25H32N6S. The molecule has 7 heteroatoms. The normalized spacial score (nSPS) is 20.0. The fraction of sp³-hybridized carbons (Fsp3) is 0.560. The number of hydrogen-bond donors (Lipinski definition) is 0. The van der Waals surface area contributed by atoms with Gasteiger partial charge in [-0.25, -0.2) is 15.0 Å². The highest BCUT2D eigenvalue weighted by molar-refractivity contribution is 7.19. The number of fused-ring (bicyclic) bond motifs is 3. The third-order valence-corrected chi connectivity index (χ3v) is 8.39. The second kappa shape index (κ2) is 8.94. The molecule has 3 aliphatic rings. The lowest BCUT2D eigenvalue weighted by Crippen LogP contribution is -2.47. The lowest BCUT2D eigenvalue weighted by atomic mass is 9.97. The molecule has 32 heavy (non-hydrogen) atoms. The molecule has 5 heterocycles. The van der Waals surface area contributed by atoms with Crippen LogP contribution in [0.4, 0.5) is 11.6 Å². The van der Waals surface area contributed by atoms with Crippen LogP contribution in [0.3, 0.4) is 0 Å². The Hall–Kier alpha value is -2.25. The minimum atomic E-state index is 0.888. The minimum Gasteiger partial charge on any atom is -0.353 e. The second-order valence-corrected chi connectivity index (χ2v) is 10.4. The number of hydrogen-bond acceptors (Lipinski definition) is 7. The molecule has 3 aromatic rings. The van der Waals surface area contributed by atoms with Gasteiger partial charge in [-0.3, -0.25) is 4.90 Å². The fourth-order valence-electron chi connectivity index (χ4n) is 5.49. The first-order valence-electron chi connectivity index (χ1n) is 12.3. The third kappa shape index (κ3) is 3.97. The number of aryl methyl sites for hydroxylation is 2. The quantitative estimate of drug-likeness (QED) is 0.594. The van der Waals surface area contributed by atoms with Crippen LogP contribution < -0.4 is 9.80 Å². The average Bonchev–Trinajstić information content (AvgIpc) is 3.23. The summed E-state index contributed by atoms with van der Waals surface area (Å²) in [5.41, 5.74) is 1.54. The number of piperazine rings is 1. The van der Waals surface area contributed by atoms with Crippen LogP contribution >= 0.6 is 11.3 Å². The van der Waals surface area contributed by atoms with Crippen LogP contribution in [0, 0.1) is 0 Å². The number of anilines is 2. The van der Waals surface area contributed by atoms with Gasteiger partial charge in [0.2, 0.25) is 0 Å². The van der Waals surface area contributed by atoms with Gasteiger partial charge >= 0.3 is 0 Å². The van der Waals surface area contributed by atoms with Crippen LogP contribution in [0.25, 0.3) is 10.2 Å². The van der Waals surface area contributed by atoms with E-state index < -0.39 is 0 Å². The van der Waals surface area contributed by atoms with Gasteiger partial charge in [-0.2, -0.15) is 0 Å². The van der Waals surface area contributed by atoms with Crippen LogP contribution in [0.1, 0.15) is 48.4 Å². The van der Waals surface area contributed by atoms with E-state index in [9.17, 15) is 0 Å². The summed E-state index contributed by atoms with van der Waals surface area (Å²) in [7, 11) is 0. The fourth-order valence-corrected chi connectivity index (χ4v) is 6.76. The summed E-state index contributed by atoms with van der Waals surface area (Å²) in [6.07, 6.45) is 10.9. The molecule has 2 saturated heterocycles. The zero-order valence-corrected chi connectivity index (χ0v) is 19.6. The van der Waals surface area contributed by atoms with Crippen LogP contribution in [0.5, 0.6) is 0 Å². The molecule has 168 valence electrons. The SMILES string of the molecule is c1ccc(N2CCN(c3nc(CN4CCCCC4)nc4sc5c(c34)CCCC5)CC2)nc1. The molecule has 0 aromatic carbocycles. The van der Waals surface area contributed by atoms with Gasteiger partial charge < -0.3 is 9.80 Å². The summed E-state index contributed by atoms with van der Waals surface area (Å²) in [4.78, 5) is 25.1. The lowest BCUT2D eigenvalue weighted by Gasteiger charge is -2.36. The Balaban J connectivity index is 1.32. The Morgan fingerprint density at radius 2 is 1.62 bits per heavy atom. The summed E-state index contributed by atoms with van der Waals surface area (Å²) in [5.74, 6) is 3.29. The molecule has 0 amide bonds. The highest BCUT2D eigenvalue weighted by atomic mass is 32.1. The van der Waals surface area contributed by atoms with E-state index in [-0.39, 0.29) is 0 Å². The van der Waals surface area contributed by atoms with Crippen molar-refractivity contribution in [1.29, 1.82) is 0 Å². The Bertz CT molecular complexity index is 1070. The van der Waals surface area contributed by atoms with Gasteiger partial charge in [0.15, 0.2) is 0 Å². The molecule has 1 aliphatic carbocycles. The molecule has 2 aliphatic heterocycles. The number of aromatic nitrogens is 3. The van der Waals surface area contributed by atoms with E-state index in [2.05, 4.69) is 31.8 Å². The summed E-state index contributed by atoms with van der Waals surface area (Å²) >= 11 is 1.93. The summed E-state index contributed by atoms with van der Waals surface area (Å²) in [5, 5.41) is 1.36. The molecule has 0 N–H and O–H groups in total. The molecule has 2 fully saturated rings. The van der Waals surface area contributed by atoms with Crippen molar-refractivity contribution in [2.24, 2.45) is 0 Å². The van der Waals surface area contributed by atoms with E-state index in [1.807, 2.05) is 23.6 Å². The van der Waals surface area contributed by atoms with Crippen molar-refractivity contribution >= 4 is 33.2 Å². The minimum absolute atomic E-state index is 0.888. The van der Waals surface area contributed by atoms with E-state index >= 15 is 0 Å². The molecule has 0 atom stereocenters. The summed E-state index contributed by atoms with van der Waals surface area (Å²) < 4.78 is 0. The van der Waals surface area contributed by atoms with Gasteiger partial charge in [-0.05, 0) is 69.3 Å². The molecule has 3 aromatic heterocycles. The Morgan fingerprint density at radius 3 is 2.44 bits per heavy atom. The lowest BCUT2D eigenvalue weighted by molar-refractivity contribution is 0.216. The number of piperidine rings is 1. The van der Waals surface area contributed by atoms with Crippen molar-refractivity contribution in [3.05, 3.63) is 40.7 Å². The van der Waals surface area contributed by atoms with Gasteiger partial charge in [0.25, 0.3) is 0 Å². The molecule has 0 radical (unpaired) electrons. The van der Waals surface area contributed by atoms with Crippen molar-refractivity contribution in [1.82, 2.24) is 19.9 Å². The van der Waals surface area contributed by atoms with Crippen molar-refractivity contribution < 1.29 is 0 Å². The predicted octanol–water partition coefficient (Wildman–Crippen LogP) is 4.28. The predicted molar refractivity (Wildman–Crippen MR) is 132 cm³/mol. The Morgan fingerprint density at radius 1 is 0.812 bits per heavy atom. The van der Waals surface area contributed by atoms with Crippen LogP contribution in [0.2, 0.25) is 0 Å². The van der Waals surface area contributed by atoms with E-state index in [1.165, 1.54) is 74.1 Å². The second-order valence-electron chi connectivity index (χ2n) is 9.35. The number of nitrogens with zero attached hydrogens (tertiary/aromatic N) is 6. The largest absolute Gasteiger partial charge is 0.353 e. The van der Waals surface area contributed by atoms with Gasteiger partial charge in [0.1, 0.15) is 22.3 Å². The highest BCUT2D eigenvalue weighted by Gasteiger charge is 2.27. The Kier molecular flexibility index (Phi) is 5.69. The van der Waals surface area contributed by atoms with E-state index in [0.717, 1.165) is 44.4 Å². The topological polar surface area (TPSA) is 48.4 Å². The molecular weight excluding hydrogens is 416 g/mol. The average molecular weight is 449 g/mol. The van der Waals surface area contributed by atoms with E-state index in [1.54, 1.807) is 10.4 Å². The zero-order chi connectivity index (χ0) is 21.3. The van der Waals surface area contributed by atoms with Crippen molar-refractivity contribution in [2.75, 3.05) is 49.1 Å². The van der Waals surface area contributed by atoms with Crippen molar-refractivity contribution in [3.63, 3.8) is 0 Å². The number of pyridine rings is 1. The maximum atomic E-state index is 5.24. The first-order chi connectivity index (χ1) is 15.8. The van der Waals surface area contributed by atoms with Crippen LogP contribution in [-0.4, -0.2) is 59.1 Å². The van der Waals surface area contributed by atoms with E-state index in [0.29, 0.717) is 0 Å². The molecule has 0 unspecified atom stereocenters. The molecule has 0 spiro atoms. The smallest absolute Gasteiger partial charge is 0.146 e. The van der Waals surface area contributed by atoms with Gasteiger partial charge in [0, 0.05) is 37.3 Å². The monoisotopic (exact) mass is 448 g/mol. The third-order valence-electron chi connectivity index (χ3n) is 7.21. The molecule has 6 rings (SSSR count). The number of thiophene rings is 1. The molecule has 6 nitrogen and oxygen atoms in total. The van der Waals surface area contributed by atoms with Crippen LogP contribution in [0.15, 0.2) is 24.4 Å². The molecule has 0 bridgehead atoms. The standard InChI is InChI=1S/C25H32N6S/c1-6-12-29(13-7-1)18-21-27-24(23-19-8-2-3-9-20(19)32-25(23)28-21)31-16-14-30(15-17-31)22-10-4-5-11-26-22/h4-5,10-11H,1-3,6-9,12-18H2. The number of rotatable bonds is 4. The summed E-state index contributed by atoms with van der Waals surface area (Å²) in [6, 6.07) is 6.18.